The molecular weight excluding hydrogens is 405 g/mol. The largest absolute Gasteiger partial charge is 0.418 e. The van der Waals surface area contributed by atoms with E-state index < -0.39 is 18.9 Å². The minimum Gasteiger partial charge on any atom is -0.356 e. The minimum atomic E-state index is -4.68. The van der Waals surface area contributed by atoms with E-state index in [1.54, 1.807) is 12.3 Å². The molecule has 158 valence electrons. The van der Waals surface area contributed by atoms with Crippen molar-refractivity contribution >= 4 is 29.6 Å². The molecule has 1 aromatic carbocycles. The fourth-order valence-corrected chi connectivity index (χ4v) is 3.57. The Labute approximate surface area is 170 Å². The van der Waals surface area contributed by atoms with E-state index in [9.17, 15) is 13.2 Å². The maximum absolute atomic E-state index is 13.8. The molecule has 0 saturated heterocycles. The van der Waals surface area contributed by atoms with Crippen LogP contribution in [-0.4, -0.2) is 37.4 Å². The summed E-state index contributed by atoms with van der Waals surface area (Å²) in [6.07, 6.45) is -4.00. The fourth-order valence-electron chi connectivity index (χ4n) is 2.88. The molecule has 0 spiro atoms. The van der Waals surface area contributed by atoms with Crippen LogP contribution >= 0.6 is 11.3 Å². The Morgan fingerprint density at radius 2 is 2.17 bits per heavy atom. The number of hydrazine groups is 1. The average Bonchev–Trinajstić information content (AvgIpc) is 3.21. The van der Waals surface area contributed by atoms with Crippen LogP contribution in [0.1, 0.15) is 30.6 Å². The molecule has 0 fully saturated rings. The molecule has 29 heavy (non-hydrogen) atoms. The third-order valence-electron chi connectivity index (χ3n) is 4.01. The van der Waals surface area contributed by atoms with Gasteiger partial charge < -0.3 is 15.6 Å². The highest BCUT2D eigenvalue weighted by Crippen LogP contribution is 2.44. The van der Waals surface area contributed by atoms with Crippen LogP contribution in [0.15, 0.2) is 33.8 Å². The lowest BCUT2D eigenvalue weighted by Gasteiger charge is -2.24. The van der Waals surface area contributed by atoms with Crippen molar-refractivity contribution in [2.45, 2.75) is 32.0 Å². The number of aromatic nitrogens is 1. The second kappa shape index (κ2) is 10.3. The maximum Gasteiger partial charge on any atom is 0.418 e. The molecule has 0 aliphatic rings. The van der Waals surface area contributed by atoms with Crippen LogP contribution in [0, 0.1) is 0 Å². The number of halogens is 3. The number of aliphatic imine (C=N–C) groups is 1. The van der Waals surface area contributed by atoms with Gasteiger partial charge in [-0.05, 0) is 18.7 Å². The van der Waals surface area contributed by atoms with Gasteiger partial charge in [0.05, 0.1) is 5.69 Å². The SMILES string of the molecule is C=Nc1c(C(OC/C(=N/NC)NN)C(F)(F)F)ccc(-c2nccs2)c1CCC. The minimum absolute atomic E-state index is 0.0167. The Hall–Kier alpha value is -2.50. The number of nitrogens with zero attached hydrogens (tertiary/aromatic N) is 3. The number of ether oxygens (including phenoxy) is 1. The lowest BCUT2D eigenvalue weighted by molar-refractivity contribution is -0.219. The summed E-state index contributed by atoms with van der Waals surface area (Å²) in [5.41, 5.74) is 6.10. The van der Waals surface area contributed by atoms with Crippen LogP contribution in [-0.2, 0) is 11.2 Å². The number of thiazole rings is 1. The summed E-state index contributed by atoms with van der Waals surface area (Å²) >= 11 is 1.41. The summed E-state index contributed by atoms with van der Waals surface area (Å²) in [5.74, 6) is 5.29. The molecule has 0 radical (unpaired) electrons. The molecule has 1 aromatic heterocycles. The Balaban J connectivity index is 2.54. The number of rotatable bonds is 9. The van der Waals surface area contributed by atoms with E-state index in [-0.39, 0.29) is 17.1 Å². The number of nitrogens with two attached hydrogens (primary N) is 1. The van der Waals surface area contributed by atoms with E-state index in [2.05, 4.69) is 32.6 Å². The van der Waals surface area contributed by atoms with Crippen molar-refractivity contribution in [3.05, 3.63) is 34.8 Å². The van der Waals surface area contributed by atoms with Crippen molar-refractivity contribution in [2.24, 2.45) is 15.9 Å². The molecule has 4 N–H and O–H groups in total. The number of hydrazone groups is 1. The quantitative estimate of drug-likeness (QED) is 0.245. The Kier molecular flexibility index (Phi) is 8.11. The first kappa shape index (κ1) is 22.8. The first-order valence-corrected chi connectivity index (χ1v) is 9.65. The van der Waals surface area contributed by atoms with Crippen molar-refractivity contribution in [3.8, 4) is 10.6 Å². The summed E-state index contributed by atoms with van der Waals surface area (Å²) in [6, 6.07) is 2.99. The van der Waals surface area contributed by atoms with E-state index in [1.807, 2.05) is 12.3 Å². The first-order chi connectivity index (χ1) is 13.9. The van der Waals surface area contributed by atoms with Gasteiger partial charge in [-0.15, -0.1) is 11.3 Å². The van der Waals surface area contributed by atoms with Crippen molar-refractivity contribution in [3.63, 3.8) is 0 Å². The zero-order chi connectivity index (χ0) is 21.4. The molecule has 2 rings (SSSR count). The summed E-state index contributed by atoms with van der Waals surface area (Å²) in [6.45, 7) is 4.97. The van der Waals surface area contributed by atoms with Crippen LogP contribution in [0.5, 0.6) is 0 Å². The van der Waals surface area contributed by atoms with E-state index in [1.165, 1.54) is 24.5 Å². The molecule has 1 unspecified atom stereocenters. The van der Waals surface area contributed by atoms with Gasteiger partial charge in [0, 0.05) is 29.8 Å². The van der Waals surface area contributed by atoms with Gasteiger partial charge in [0.1, 0.15) is 11.6 Å². The number of amidine groups is 1. The van der Waals surface area contributed by atoms with Crippen LogP contribution in [0.3, 0.4) is 0 Å². The van der Waals surface area contributed by atoms with Crippen LogP contribution in [0.25, 0.3) is 10.6 Å². The Bertz CT molecular complexity index is 839. The normalized spacial score (nSPS) is 13.2. The molecule has 0 amide bonds. The highest BCUT2D eigenvalue weighted by Gasteiger charge is 2.44. The third kappa shape index (κ3) is 5.52. The summed E-state index contributed by atoms with van der Waals surface area (Å²) in [7, 11) is 1.49. The molecule has 11 heteroatoms. The lowest BCUT2D eigenvalue weighted by Crippen LogP contribution is -2.37. The molecule has 0 aliphatic heterocycles. The summed E-state index contributed by atoms with van der Waals surface area (Å²) in [4.78, 5) is 8.22. The number of hydrogen-bond donors (Lipinski definition) is 3. The molecule has 1 atom stereocenters. The van der Waals surface area contributed by atoms with Crippen LogP contribution in [0.4, 0.5) is 18.9 Å². The zero-order valence-electron chi connectivity index (χ0n) is 16.1. The van der Waals surface area contributed by atoms with Gasteiger partial charge in [-0.25, -0.2) is 10.8 Å². The highest BCUT2D eigenvalue weighted by molar-refractivity contribution is 7.13. The predicted octanol–water partition coefficient (Wildman–Crippen LogP) is 3.71. The van der Waals surface area contributed by atoms with Gasteiger partial charge in [0.25, 0.3) is 0 Å². The van der Waals surface area contributed by atoms with Gasteiger partial charge >= 0.3 is 6.18 Å². The topological polar surface area (TPSA) is 96.9 Å². The van der Waals surface area contributed by atoms with Gasteiger partial charge in [-0.1, -0.05) is 25.5 Å². The van der Waals surface area contributed by atoms with E-state index in [4.69, 9.17) is 10.6 Å². The van der Waals surface area contributed by atoms with Crippen LogP contribution < -0.4 is 16.7 Å². The number of benzene rings is 1. The van der Waals surface area contributed by atoms with E-state index >= 15 is 0 Å². The molecule has 0 bridgehead atoms. The van der Waals surface area contributed by atoms with Crippen molar-refractivity contribution in [1.29, 1.82) is 0 Å². The molecule has 7 nitrogen and oxygen atoms in total. The fraction of sp³-hybridized carbons (Fsp3) is 0.389. The van der Waals surface area contributed by atoms with Gasteiger partial charge in [-0.2, -0.15) is 18.3 Å². The molecular formula is C18H23F3N6OS. The molecule has 1 heterocycles. The van der Waals surface area contributed by atoms with Crippen molar-refractivity contribution < 1.29 is 17.9 Å². The summed E-state index contributed by atoms with van der Waals surface area (Å²) < 4.78 is 46.7. The first-order valence-electron chi connectivity index (χ1n) is 8.77. The van der Waals surface area contributed by atoms with Crippen molar-refractivity contribution in [1.82, 2.24) is 15.8 Å². The lowest BCUT2D eigenvalue weighted by atomic mass is 9.94. The highest BCUT2D eigenvalue weighted by atomic mass is 32.1. The maximum atomic E-state index is 13.8. The Morgan fingerprint density at radius 3 is 2.69 bits per heavy atom. The van der Waals surface area contributed by atoms with E-state index in [0.29, 0.717) is 17.0 Å². The van der Waals surface area contributed by atoms with Crippen LogP contribution in [0.2, 0.25) is 0 Å². The third-order valence-corrected chi connectivity index (χ3v) is 4.82. The Morgan fingerprint density at radius 1 is 1.41 bits per heavy atom. The predicted molar refractivity (Wildman–Crippen MR) is 109 cm³/mol. The van der Waals surface area contributed by atoms with E-state index in [0.717, 1.165) is 12.0 Å². The zero-order valence-corrected chi connectivity index (χ0v) is 16.9. The number of nitrogens with one attached hydrogen (secondary N) is 2. The molecule has 2 aromatic rings. The smallest absolute Gasteiger partial charge is 0.356 e. The monoisotopic (exact) mass is 428 g/mol. The molecule has 0 aliphatic carbocycles. The van der Waals surface area contributed by atoms with Crippen molar-refractivity contribution in [2.75, 3.05) is 13.7 Å². The average molecular weight is 428 g/mol. The van der Waals surface area contributed by atoms with Gasteiger partial charge in [0.15, 0.2) is 11.9 Å². The standard InChI is InChI=1S/C18H23F3N6OS/c1-4-5-11-12(17-25-8-9-29-17)6-7-13(15(11)23-2)16(18(19,20)21)28-10-14(26-22)27-24-3/h6-9,16,24H,2,4-5,10,22H2,1,3H3,(H,26,27). The van der Waals surface area contributed by atoms with Gasteiger partial charge in [-0.3, -0.25) is 4.99 Å². The summed E-state index contributed by atoms with van der Waals surface area (Å²) in [5, 5.41) is 6.25. The number of alkyl halides is 3. The second-order valence-electron chi connectivity index (χ2n) is 5.93. The molecule has 0 saturated carbocycles. The number of hydrogen-bond acceptors (Lipinski definition) is 7. The van der Waals surface area contributed by atoms with Gasteiger partial charge in [0.2, 0.25) is 0 Å². The second-order valence-corrected chi connectivity index (χ2v) is 6.83.